The molecule has 0 saturated heterocycles. The summed E-state index contributed by atoms with van der Waals surface area (Å²) in [6.45, 7) is 4.34. The van der Waals surface area contributed by atoms with Gasteiger partial charge in [0.2, 0.25) is 0 Å². The quantitative estimate of drug-likeness (QED) is 0.540. The summed E-state index contributed by atoms with van der Waals surface area (Å²) in [5.74, 6) is 0.469. The third kappa shape index (κ3) is 11.6. The number of hydrogen-bond acceptors (Lipinski definition) is 1. The summed E-state index contributed by atoms with van der Waals surface area (Å²) < 4.78 is 0. The van der Waals surface area contributed by atoms with Crippen molar-refractivity contribution in [3.05, 3.63) is 0 Å². The Morgan fingerprint density at radius 2 is 1.23 bits per heavy atom. The lowest BCUT2D eigenvalue weighted by Crippen LogP contribution is -1.96. The van der Waals surface area contributed by atoms with E-state index in [-0.39, 0.29) is 5.48 Å². The minimum absolute atomic E-state index is 0. The van der Waals surface area contributed by atoms with E-state index in [9.17, 15) is 4.79 Å². The molecule has 0 aromatic rings. The van der Waals surface area contributed by atoms with Crippen molar-refractivity contribution in [2.24, 2.45) is 0 Å². The van der Waals surface area contributed by atoms with E-state index in [4.69, 9.17) is 0 Å². The molecule has 0 bridgehead atoms. The molecule has 2 heteroatoms. The van der Waals surface area contributed by atoms with Crippen molar-refractivity contribution in [1.82, 2.24) is 0 Å². The third-order valence-corrected chi connectivity index (χ3v) is 2.12. The normalized spacial score (nSPS) is 9.38. The van der Waals surface area contributed by atoms with Crippen LogP contribution in [0.4, 0.5) is 0 Å². The lowest BCUT2D eigenvalue weighted by Gasteiger charge is -1.98. The van der Waals surface area contributed by atoms with E-state index in [0.717, 1.165) is 25.7 Å². The molecule has 0 fully saturated rings. The van der Waals surface area contributed by atoms with Gasteiger partial charge in [-0.25, -0.2) is 0 Å². The van der Waals surface area contributed by atoms with Crippen LogP contribution >= 0.6 is 0 Å². The first-order chi connectivity index (χ1) is 5.81. The van der Waals surface area contributed by atoms with Gasteiger partial charge in [-0.1, -0.05) is 39.5 Å². The van der Waals surface area contributed by atoms with Crippen molar-refractivity contribution >= 4 is 5.78 Å². The molecular weight excluding hydrogens is 164 g/mol. The Labute approximate surface area is 82.0 Å². The summed E-state index contributed by atoms with van der Waals surface area (Å²) in [5.41, 5.74) is 0. The van der Waals surface area contributed by atoms with Crippen molar-refractivity contribution < 1.29 is 10.3 Å². The molecule has 2 N–H and O–H groups in total. The predicted octanol–water partition coefficient (Wildman–Crippen LogP) is 2.89. The Kier molecular flexibility index (Phi) is 13.5. The molecule has 0 atom stereocenters. The fourth-order valence-corrected chi connectivity index (χ4v) is 1.27. The van der Waals surface area contributed by atoms with E-state index in [0.29, 0.717) is 5.78 Å². The van der Waals surface area contributed by atoms with E-state index >= 15 is 0 Å². The van der Waals surface area contributed by atoms with Crippen molar-refractivity contribution in [1.29, 1.82) is 0 Å². The van der Waals surface area contributed by atoms with Crippen LogP contribution in [0, 0.1) is 0 Å². The molecule has 0 heterocycles. The van der Waals surface area contributed by atoms with Crippen molar-refractivity contribution in [3.63, 3.8) is 0 Å². The van der Waals surface area contributed by atoms with Gasteiger partial charge in [0.05, 0.1) is 0 Å². The zero-order valence-corrected chi connectivity index (χ0v) is 9.07. The summed E-state index contributed by atoms with van der Waals surface area (Å²) in [6.07, 6.45) is 8.67. The standard InChI is InChI=1S/C11H22O.H2O/c1-3-5-7-9-11(12)10-8-6-4-2;/h3-10H2,1-2H3;1H2. The van der Waals surface area contributed by atoms with Gasteiger partial charge in [0.25, 0.3) is 0 Å². The Bertz CT molecular complexity index is 98.7. The average Bonchev–Trinajstić information content (AvgIpc) is 2.06. The molecule has 0 aliphatic rings. The van der Waals surface area contributed by atoms with Crippen LogP contribution in [0.5, 0.6) is 0 Å². The highest BCUT2D eigenvalue weighted by Crippen LogP contribution is 2.05. The van der Waals surface area contributed by atoms with Gasteiger partial charge >= 0.3 is 0 Å². The summed E-state index contributed by atoms with van der Waals surface area (Å²) in [7, 11) is 0. The van der Waals surface area contributed by atoms with Crippen molar-refractivity contribution in [2.45, 2.75) is 65.2 Å². The molecule has 0 amide bonds. The van der Waals surface area contributed by atoms with Gasteiger partial charge in [-0.2, -0.15) is 0 Å². The van der Waals surface area contributed by atoms with E-state index in [2.05, 4.69) is 13.8 Å². The molecule has 0 aromatic heterocycles. The lowest BCUT2D eigenvalue weighted by atomic mass is 10.1. The lowest BCUT2D eigenvalue weighted by molar-refractivity contribution is -0.119. The van der Waals surface area contributed by atoms with E-state index in [1.807, 2.05) is 0 Å². The first kappa shape index (κ1) is 15.1. The van der Waals surface area contributed by atoms with Gasteiger partial charge in [0.1, 0.15) is 5.78 Å². The number of hydrogen-bond donors (Lipinski definition) is 0. The number of carbonyl (C=O) groups is 1. The zero-order valence-electron chi connectivity index (χ0n) is 9.07. The zero-order chi connectivity index (χ0) is 9.23. The second kappa shape index (κ2) is 11.6. The smallest absolute Gasteiger partial charge is 0.132 e. The summed E-state index contributed by atoms with van der Waals surface area (Å²) >= 11 is 0. The maximum Gasteiger partial charge on any atom is 0.132 e. The second-order valence-corrected chi connectivity index (χ2v) is 3.45. The Morgan fingerprint density at radius 1 is 0.846 bits per heavy atom. The van der Waals surface area contributed by atoms with Gasteiger partial charge in [0, 0.05) is 12.8 Å². The molecule has 0 radical (unpaired) electrons. The van der Waals surface area contributed by atoms with Gasteiger partial charge < -0.3 is 5.48 Å². The number of ketones is 1. The molecule has 0 saturated carbocycles. The molecular formula is C11H24O2. The third-order valence-electron chi connectivity index (χ3n) is 2.12. The monoisotopic (exact) mass is 188 g/mol. The van der Waals surface area contributed by atoms with Gasteiger partial charge in [-0.3, -0.25) is 4.79 Å². The van der Waals surface area contributed by atoms with Crippen LogP contribution in [0.2, 0.25) is 0 Å². The van der Waals surface area contributed by atoms with Gasteiger partial charge in [-0.15, -0.1) is 0 Å². The molecule has 0 aliphatic heterocycles. The minimum Gasteiger partial charge on any atom is -0.412 e. The van der Waals surface area contributed by atoms with E-state index in [1.165, 1.54) is 25.7 Å². The highest BCUT2D eigenvalue weighted by Gasteiger charge is 1.99. The van der Waals surface area contributed by atoms with Crippen molar-refractivity contribution in [2.75, 3.05) is 0 Å². The first-order valence-electron chi connectivity index (χ1n) is 5.33. The molecule has 0 aromatic carbocycles. The highest BCUT2D eigenvalue weighted by molar-refractivity contribution is 5.78. The number of rotatable bonds is 8. The molecule has 0 unspecified atom stereocenters. The maximum absolute atomic E-state index is 11.2. The highest BCUT2D eigenvalue weighted by atomic mass is 16.1. The van der Waals surface area contributed by atoms with E-state index < -0.39 is 0 Å². The van der Waals surface area contributed by atoms with E-state index in [1.54, 1.807) is 0 Å². The van der Waals surface area contributed by atoms with Crippen LogP contribution in [0.15, 0.2) is 0 Å². The number of carbonyl (C=O) groups excluding carboxylic acids is 1. The van der Waals surface area contributed by atoms with Crippen LogP contribution in [0.1, 0.15) is 65.2 Å². The number of Topliss-reactive ketones (excluding diaryl/α,β-unsaturated/α-hetero) is 1. The maximum atomic E-state index is 11.2. The fourth-order valence-electron chi connectivity index (χ4n) is 1.27. The van der Waals surface area contributed by atoms with Crippen LogP contribution in [-0.2, 0) is 4.79 Å². The summed E-state index contributed by atoms with van der Waals surface area (Å²) in [6, 6.07) is 0. The molecule has 0 rings (SSSR count). The first-order valence-corrected chi connectivity index (χ1v) is 5.33. The SMILES string of the molecule is CCCCCC(=O)CCCCC.O. The second-order valence-electron chi connectivity index (χ2n) is 3.45. The van der Waals surface area contributed by atoms with Gasteiger partial charge in [0.15, 0.2) is 0 Å². The molecule has 0 spiro atoms. The minimum atomic E-state index is 0. The summed E-state index contributed by atoms with van der Waals surface area (Å²) in [4.78, 5) is 11.2. The van der Waals surface area contributed by atoms with Crippen LogP contribution in [-0.4, -0.2) is 11.3 Å². The number of unbranched alkanes of at least 4 members (excludes halogenated alkanes) is 4. The van der Waals surface area contributed by atoms with Crippen LogP contribution in [0.25, 0.3) is 0 Å². The molecule has 0 aliphatic carbocycles. The largest absolute Gasteiger partial charge is 0.412 e. The van der Waals surface area contributed by atoms with Crippen LogP contribution < -0.4 is 0 Å². The topological polar surface area (TPSA) is 48.6 Å². The summed E-state index contributed by atoms with van der Waals surface area (Å²) in [5, 5.41) is 0. The Hall–Kier alpha value is -0.370. The predicted molar refractivity (Wildman–Crippen MR) is 56.9 cm³/mol. The van der Waals surface area contributed by atoms with Gasteiger partial charge in [-0.05, 0) is 12.8 Å². The fraction of sp³-hybridized carbons (Fsp3) is 0.909. The Morgan fingerprint density at radius 3 is 1.54 bits per heavy atom. The average molecular weight is 188 g/mol. The molecule has 2 nitrogen and oxygen atoms in total. The molecule has 13 heavy (non-hydrogen) atoms. The van der Waals surface area contributed by atoms with Crippen LogP contribution in [0.3, 0.4) is 0 Å². The van der Waals surface area contributed by atoms with Crippen molar-refractivity contribution in [3.8, 4) is 0 Å². The molecule has 80 valence electrons. The Balaban J connectivity index is 0.